The van der Waals surface area contributed by atoms with E-state index >= 15 is 0 Å². The van der Waals surface area contributed by atoms with Crippen LogP contribution in [0.3, 0.4) is 0 Å². The Balaban J connectivity index is 2.31. The lowest BCUT2D eigenvalue weighted by molar-refractivity contribution is 0.508. The predicted molar refractivity (Wildman–Crippen MR) is 77.1 cm³/mol. The Bertz CT molecular complexity index is 580. The molecular weight excluding hydrogens is 333 g/mol. The number of nitrogens with zero attached hydrogens (tertiary/aromatic N) is 1. The van der Waals surface area contributed by atoms with E-state index in [-0.39, 0.29) is 11.9 Å². The molecule has 100 valence electrons. The number of hydrogen-bond acceptors (Lipinski definition) is 3. The number of aromatic nitrogens is 1. The molecule has 0 aliphatic rings. The molecule has 1 aromatic heterocycles. The second-order valence-corrected chi connectivity index (χ2v) is 5.30. The lowest BCUT2D eigenvalue weighted by Gasteiger charge is -2.18. The van der Waals surface area contributed by atoms with Crippen LogP contribution in [-0.4, -0.2) is 4.98 Å². The second kappa shape index (κ2) is 6.43. The largest absolute Gasteiger partial charge is 0.271 e. The Morgan fingerprint density at radius 1 is 1.42 bits per heavy atom. The van der Waals surface area contributed by atoms with E-state index in [1.165, 1.54) is 0 Å². The van der Waals surface area contributed by atoms with Crippen LogP contribution in [0, 0.1) is 5.82 Å². The molecule has 0 aliphatic heterocycles. The molecule has 1 atom stereocenters. The van der Waals surface area contributed by atoms with E-state index in [1.54, 1.807) is 36.7 Å². The van der Waals surface area contributed by atoms with Gasteiger partial charge in [0.1, 0.15) is 5.82 Å². The molecule has 1 unspecified atom stereocenters. The van der Waals surface area contributed by atoms with Crippen molar-refractivity contribution in [2.24, 2.45) is 5.84 Å². The maximum atomic E-state index is 14.1. The molecule has 0 spiro atoms. The first-order valence-electron chi connectivity index (χ1n) is 5.62. The van der Waals surface area contributed by atoms with Gasteiger partial charge in [-0.15, -0.1) is 0 Å². The van der Waals surface area contributed by atoms with E-state index in [0.717, 1.165) is 5.56 Å². The van der Waals surface area contributed by atoms with Crippen molar-refractivity contribution >= 4 is 27.5 Å². The van der Waals surface area contributed by atoms with Crippen LogP contribution in [0.25, 0.3) is 0 Å². The Morgan fingerprint density at radius 3 is 2.89 bits per heavy atom. The molecule has 3 N–H and O–H groups in total. The Labute approximate surface area is 124 Å². The fourth-order valence-corrected chi connectivity index (χ4v) is 2.42. The number of nitrogens with two attached hydrogens (primary N) is 1. The number of rotatable bonds is 4. The lowest BCUT2D eigenvalue weighted by atomic mass is 9.99. The van der Waals surface area contributed by atoms with Crippen molar-refractivity contribution in [3.8, 4) is 0 Å². The first-order valence-corrected chi connectivity index (χ1v) is 6.79. The lowest BCUT2D eigenvalue weighted by Crippen LogP contribution is -2.30. The van der Waals surface area contributed by atoms with Gasteiger partial charge >= 0.3 is 0 Å². The number of nitrogens with one attached hydrogen (secondary N) is 1. The van der Waals surface area contributed by atoms with Gasteiger partial charge in [0.2, 0.25) is 0 Å². The molecule has 19 heavy (non-hydrogen) atoms. The third-order valence-electron chi connectivity index (χ3n) is 2.84. The van der Waals surface area contributed by atoms with Gasteiger partial charge < -0.3 is 0 Å². The third kappa shape index (κ3) is 3.30. The fourth-order valence-electron chi connectivity index (χ4n) is 1.84. The molecule has 0 aliphatic carbocycles. The van der Waals surface area contributed by atoms with E-state index in [9.17, 15) is 4.39 Å². The fraction of sp³-hybridized carbons (Fsp3) is 0.154. The summed E-state index contributed by atoms with van der Waals surface area (Å²) in [6.07, 6.45) is 3.68. The molecule has 0 saturated heterocycles. The molecule has 0 amide bonds. The van der Waals surface area contributed by atoms with Gasteiger partial charge in [-0.3, -0.25) is 16.3 Å². The number of benzene rings is 1. The van der Waals surface area contributed by atoms with E-state index in [1.807, 2.05) is 0 Å². The van der Waals surface area contributed by atoms with Crippen LogP contribution in [0.5, 0.6) is 0 Å². The van der Waals surface area contributed by atoms with Crippen molar-refractivity contribution in [1.82, 2.24) is 10.4 Å². The van der Waals surface area contributed by atoms with E-state index < -0.39 is 0 Å². The summed E-state index contributed by atoms with van der Waals surface area (Å²) in [6, 6.07) is 6.53. The molecular formula is C13H12BrClFN3. The summed E-state index contributed by atoms with van der Waals surface area (Å²) in [5.41, 5.74) is 3.97. The monoisotopic (exact) mass is 343 g/mol. The summed E-state index contributed by atoms with van der Waals surface area (Å²) in [4.78, 5) is 3.92. The van der Waals surface area contributed by atoms with Gasteiger partial charge in [-0.25, -0.2) is 4.39 Å². The van der Waals surface area contributed by atoms with Crippen molar-refractivity contribution in [1.29, 1.82) is 0 Å². The molecule has 0 fully saturated rings. The Hall–Kier alpha value is -1.01. The first kappa shape index (κ1) is 14.4. The number of pyridine rings is 1. The van der Waals surface area contributed by atoms with Gasteiger partial charge in [0, 0.05) is 18.0 Å². The molecule has 1 heterocycles. The van der Waals surface area contributed by atoms with Crippen molar-refractivity contribution in [2.75, 3.05) is 0 Å². The van der Waals surface area contributed by atoms with E-state index in [4.69, 9.17) is 17.4 Å². The maximum Gasteiger partial charge on any atom is 0.142 e. The van der Waals surface area contributed by atoms with Crippen LogP contribution >= 0.6 is 27.5 Å². The topological polar surface area (TPSA) is 50.9 Å². The summed E-state index contributed by atoms with van der Waals surface area (Å²) in [6.45, 7) is 0. The molecule has 1 aromatic carbocycles. The average Bonchev–Trinajstić information content (AvgIpc) is 2.41. The smallest absolute Gasteiger partial charge is 0.142 e. The average molecular weight is 345 g/mol. The summed E-state index contributed by atoms with van der Waals surface area (Å²) < 4.78 is 14.5. The Morgan fingerprint density at radius 2 is 2.21 bits per heavy atom. The van der Waals surface area contributed by atoms with Crippen LogP contribution in [0.1, 0.15) is 17.2 Å². The van der Waals surface area contributed by atoms with Crippen LogP contribution in [0.2, 0.25) is 5.02 Å². The molecule has 6 heteroatoms. The second-order valence-electron chi connectivity index (χ2n) is 4.03. The zero-order valence-electron chi connectivity index (χ0n) is 9.91. The maximum absolute atomic E-state index is 14.1. The van der Waals surface area contributed by atoms with Crippen molar-refractivity contribution in [3.05, 3.63) is 63.1 Å². The highest BCUT2D eigenvalue weighted by Crippen LogP contribution is 2.27. The minimum atomic E-state index is -0.364. The summed E-state index contributed by atoms with van der Waals surface area (Å²) in [5.74, 6) is 5.21. The van der Waals surface area contributed by atoms with Crippen molar-refractivity contribution in [2.45, 2.75) is 12.5 Å². The van der Waals surface area contributed by atoms with Crippen LogP contribution in [0.15, 0.2) is 41.1 Å². The standard InChI is InChI=1S/C13H12BrClFN3/c14-10-3-1-2-9(13(10)16)12(19-17)6-8-4-5-18-7-11(8)15/h1-5,7,12,19H,6,17H2. The molecule has 2 aromatic rings. The van der Waals surface area contributed by atoms with Gasteiger partial charge in [0.25, 0.3) is 0 Å². The van der Waals surface area contributed by atoms with E-state index in [0.29, 0.717) is 21.5 Å². The Kier molecular flexibility index (Phi) is 4.87. The first-order chi connectivity index (χ1) is 9.13. The number of hydrogen-bond donors (Lipinski definition) is 2. The molecule has 3 nitrogen and oxygen atoms in total. The minimum absolute atomic E-state index is 0.323. The van der Waals surface area contributed by atoms with Crippen LogP contribution < -0.4 is 11.3 Å². The van der Waals surface area contributed by atoms with Gasteiger partial charge in [-0.05, 0) is 40.0 Å². The van der Waals surface area contributed by atoms with Crippen molar-refractivity contribution in [3.63, 3.8) is 0 Å². The molecule has 0 radical (unpaired) electrons. The number of halogens is 3. The summed E-state index contributed by atoms with van der Waals surface area (Å²) in [5, 5.41) is 0.540. The minimum Gasteiger partial charge on any atom is -0.271 e. The van der Waals surface area contributed by atoms with Crippen LogP contribution in [0.4, 0.5) is 4.39 Å². The molecule has 2 rings (SSSR count). The highest BCUT2D eigenvalue weighted by atomic mass is 79.9. The van der Waals surface area contributed by atoms with Gasteiger partial charge in [0.05, 0.1) is 15.5 Å². The van der Waals surface area contributed by atoms with Gasteiger partial charge in [-0.1, -0.05) is 23.7 Å². The highest BCUT2D eigenvalue weighted by molar-refractivity contribution is 9.10. The van der Waals surface area contributed by atoms with Crippen molar-refractivity contribution < 1.29 is 4.39 Å². The highest BCUT2D eigenvalue weighted by Gasteiger charge is 2.17. The quantitative estimate of drug-likeness (QED) is 0.660. The van der Waals surface area contributed by atoms with Gasteiger partial charge in [0.15, 0.2) is 0 Å². The van der Waals surface area contributed by atoms with Crippen LogP contribution in [-0.2, 0) is 6.42 Å². The number of hydrazine groups is 1. The van der Waals surface area contributed by atoms with E-state index in [2.05, 4.69) is 26.3 Å². The SMILES string of the molecule is NNC(Cc1ccncc1Cl)c1cccc(Br)c1F. The summed E-state index contributed by atoms with van der Waals surface area (Å²) >= 11 is 9.21. The summed E-state index contributed by atoms with van der Waals surface area (Å²) in [7, 11) is 0. The predicted octanol–water partition coefficient (Wildman–Crippen LogP) is 3.38. The third-order valence-corrected chi connectivity index (χ3v) is 3.79. The molecule has 0 saturated carbocycles. The normalized spacial score (nSPS) is 12.4. The zero-order valence-corrected chi connectivity index (χ0v) is 12.2. The molecule has 0 bridgehead atoms. The van der Waals surface area contributed by atoms with Gasteiger partial charge in [-0.2, -0.15) is 0 Å². The zero-order chi connectivity index (χ0) is 13.8.